The molecule has 0 fully saturated rings. The molecule has 0 aromatic carbocycles. The zero-order valence-electron chi connectivity index (χ0n) is 13.9. The third-order valence-electron chi connectivity index (χ3n) is 3.45. The molecule has 0 heterocycles. The molecule has 0 aliphatic heterocycles. The average Bonchev–Trinajstić information content (AvgIpc) is 2.11. The minimum atomic E-state index is -1.58. The van der Waals surface area contributed by atoms with E-state index >= 15 is 0 Å². The van der Waals surface area contributed by atoms with Crippen LogP contribution >= 0.6 is 0 Å². The first-order valence-corrected chi connectivity index (χ1v) is 13.4. The van der Waals surface area contributed by atoms with Crippen LogP contribution in [0, 0.1) is 17.4 Å². The molecule has 0 saturated carbocycles. The molecule has 106 valence electrons. The molecule has 0 aromatic heterocycles. The smallest absolute Gasteiger partial charge is 0.191 e. The van der Waals surface area contributed by atoms with Gasteiger partial charge in [0.25, 0.3) is 0 Å². The Morgan fingerprint density at radius 3 is 1.94 bits per heavy atom. The van der Waals surface area contributed by atoms with Crippen molar-refractivity contribution in [1.29, 1.82) is 0 Å². The first-order chi connectivity index (χ1) is 7.85. The molecular weight excluding hydrogens is 252 g/mol. The fourth-order valence-corrected chi connectivity index (χ4v) is 2.88. The van der Waals surface area contributed by atoms with Crippen molar-refractivity contribution in [1.82, 2.24) is 0 Å². The highest BCUT2D eigenvalue weighted by Gasteiger charge is 2.37. The van der Waals surface area contributed by atoms with Gasteiger partial charge in [-0.05, 0) is 24.1 Å². The van der Waals surface area contributed by atoms with Gasteiger partial charge < -0.3 is 4.43 Å². The lowest BCUT2D eigenvalue weighted by molar-refractivity contribution is 0.240. The lowest BCUT2D eigenvalue weighted by atomic mass is 10.1. The van der Waals surface area contributed by atoms with Crippen LogP contribution < -0.4 is 0 Å². The Morgan fingerprint density at radius 2 is 1.56 bits per heavy atom. The van der Waals surface area contributed by atoms with Crippen molar-refractivity contribution in [3.05, 3.63) is 0 Å². The minimum absolute atomic E-state index is 0.302. The van der Waals surface area contributed by atoms with Crippen LogP contribution in [0.4, 0.5) is 0 Å². The van der Waals surface area contributed by atoms with Gasteiger partial charge in [-0.15, -0.1) is 11.5 Å². The molecule has 3 heteroatoms. The number of hydrogen-bond donors (Lipinski definition) is 0. The van der Waals surface area contributed by atoms with E-state index in [4.69, 9.17) is 4.43 Å². The van der Waals surface area contributed by atoms with Gasteiger partial charge in [0.05, 0.1) is 0 Å². The van der Waals surface area contributed by atoms with Gasteiger partial charge in [0.2, 0.25) is 0 Å². The Kier molecular flexibility index (Phi) is 6.39. The second-order valence-electron chi connectivity index (χ2n) is 7.93. The predicted octanol–water partition coefficient (Wildman–Crippen LogP) is 4.92. The SMILES string of the molecule is C[C@H](CC#C[Si](C)(C)C)CO[Si](C)(C)C(C)(C)C. The van der Waals surface area contributed by atoms with Crippen LogP contribution in [0.3, 0.4) is 0 Å². The zero-order chi connectivity index (χ0) is 14.6. The molecule has 0 aromatic rings. The molecule has 18 heavy (non-hydrogen) atoms. The Hall–Kier alpha value is -0.0462. The van der Waals surface area contributed by atoms with Gasteiger partial charge in [-0.2, -0.15) is 0 Å². The predicted molar refractivity (Wildman–Crippen MR) is 88.1 cm³/mol. The van der Waals surface area contributed by atoms with Crippen molar-refractivity contribution in [2.45, 2.75) is 71.9 Å². The minimum Gasteiger partial charge on any atom is -0.417 e. The van der Waals surface area contributed by atoms with Crippen molar-refractivity contribution in [2.75, 3.05) is 6.61 Å². The fourth-order valence-electron chi connectivity index (χ4n) is 1.12. The third-order valence-corrected chi connectivity index (χ3v) is 8.88. The van der Waals surface area contributed by atoms with Crippen LogP contribution in [-0.2, 0) is 4.43 Å². The van der Waals surface area contributed by atoms with Gasteiger partial charge in [-0.3, -0.25) is 0 Å². The van der Waals surface area contributed by atoms with Crippen molar-refractivity contribution in [2.24, 2.45) is 5.92 Å². The summed E-state index contributed by atoms with van der Waals surface area (Å²) in [5.74, 6) is 3.89. The Morgan fingerprint density at radius 1 is 1.06 bits per heavy atom. The quantitative estimate of drug-likeness (QED) is 0.526. The standard InChI is InChI=1S/C15H32OSi2/c1-14(11-10-12-17(5,6)7)13-16-18(8,9)15(2,3)4/h14H,11,13H2,1-9H3/t14-/m1/s1. The van der Waals surface area contributed by atoms with Crippen LogP contribution in [0.5, 0.6) is 0 Å². The summed E-state index contributed by atoms with van der Waals surface area (Å²) in [6.07, 6.45) is 0.971. The van der Waals surface area contributed by atoms with Gasteiger partial charge in [0.15, 0.2) is 8.32 Å². The first-order valence-electron chi connectivity index (χ1n) is 6.99. The van der Waals surface area contributed by atoms with Crippen LogP contribution in [0.25, 0.3) is 0 Å². The van der Waals surface area contributed by atoms with Crippen molar-refractivity contribution in [3.63, 3.8) is 0 Å². The molecule has 0 rings (SSSR count). The second kappa shape index (κ2) is 6.41. The molecule has 0 amide bonds. The molecule has 0 N–H and O–H groups in total. The summed E-state index contributed by atoms with van der Waals surface area (Å²) in [7, 11) is -2.79. The van der Waals surface area contributed by atoms with Gasteiger partial charge in [-0.25, -0.2) is 0 Å². The summed E-state index contributed by atoms with van der Waals surface area (Å²) in [6, 6.07) is 0. The maximum Gasteiger partial charge on any atom is 0.191 e. The summed E-state index contributed by atoms with van der Waals surface area (Å²) in [4.78, 5) is 0. The van der Waals surface area contributed by atoms with E-state index in [1.54, 1.807) is 0 Å². The van der Waals surface area contributed by atoms with E-state index in [0.29, 0.717) is 11.0 Å². The molecule has 1 atom stereocenters. The van der Waals surface area contributed by atoms with Crippen LogP contribution in [-0.4, -0.2) is 23.0 Å². The van der Waals surface area contributed by atoms with Gasteiger partial charge >= 0.3 is 0 Å². The van der Waals surface area contributed by atoms with Crippen molar-refractivity contribution < 1.29 is 4.43 Å². The van der Waals surface area contributed by atoms with E-state index in [1.165, 1.54) is 0 Å². The lowest BCUT2D eigenvalue weighted by Gasteiger charge is -2.36. The van der Waals surface area contributed by atoms with E-state index in [2.05, 4.69) is 71.9 Å². The largest absolute Gasteiger partial charge is 0.417 e. The fraction of sp³-hybridized carbons (Fsp3) is 0.867. The summed E-state index contributed by atoms with van der Waals surface area (Å²) in [5, 5.41) is 0.302. The summed E-state index contributed by atoms with van der Waals surface area (Å²) in [5.41, 5.74) is 3.42. The Balaban J connectivity index is 4.20. The van der Waals surface area contributed by atoms with Gasteiger partial charge in [0.1, 0.15) is 8.07 Å². The molecule has 1 nitrogen and oxygen atoms in total. The van der Waals surface area contributed by atoms with E-state index in [9.17, 15) is 0 Å². The number of rotatable bonds is 4. The maximum atomic E-state index is 6.22. The molecular formula is C15H32OSi2. The van der Waals surface area contributed by atoms with Crippen LogP contribution in [0.2, 0.25) is 37.8 Å². The second-order valence-corrected chi connectivity index (χ2v) is 17.5. The van der Waals surface area contributed by atoms with E-state index in [0.717, 1.165) is 13.0 Å². The zero-order valence-corrected chi connectivity index (χ0v) is 15.9. The monoisotopic (exact) mass is 284 g/mol. The van der Waals surface area contributed by atoms with Crippen molar-refractivity contribution in [3.8, 4) is 11.5 Å². The van der Waals surface area contributed by atoms with E-state index in [1.807, 2.05) is 0 Å². The van der Waals surface area contributed by atoms with Crippen molar-refractivity contribution >= 4 is 16.4 Å². The highest BCUT2D eigenvalue weighted by molar-refractivity contribution is 6.83. The van der Waals surface area contributed by atoms with Gasteiger partial charge in [0, 0.05) is 13.0 Å². The third kappa shape index (κ3) is 7.40. The Bertz CT molecular complexity index is 310. The summed E-state index contributed by atoms with van der Waals surface area (Å²) >= 11 is 0. The molecule has 0 aliphatic carbocycles. The number of hydrogen-bond acceptors (Lipinski definition) is 1. The highest BCUT2D eigenvalue weighted by atomic mass is 28.4. The molecule has 0 bridgehead atoms. The molecule has 0 radical (unpaired) electrons. The molecule has 0 spiro atoms. The molecule has 0 aliphatic rings. The summed E-state index contributed by atoms with van der Waals surface area (Å²) in [6.45, 7) is 21.5. The van der Waals surface area contributed by atoms with Crippen LogP contribution in [0.15, 0.2) is 0 Å². The van der Waals surface area contributed by atoms with Gasteiger partial charge in [-0.1, -0.05) is 47.3 Å². The maximum absolute atomic E-state index is 6.22. The topological polar surface area (TPSA) is 9.23 Å². The Labute approximate surface area is 117 Å². The highest BCUT2D eigenvalue weighted by Crippen LogP contribution is 2.36. The first kappa shape index (κ1) is 18.0. The molecule has 0 saturated heterocycles. The van der Waals surface area contributed by atoms with E-state index in [-0.39, 0.29) is 0 Å². The summed E-state index contributed by atoms with van der Waals surface area (Å²) < 4.78 is 6.22. The van der Waals surface area contributed by atoms with E-state index < -0.39 is 16.4 Å². The van der Waals surface area contributed by atoms with Crippen LogP contribution in [0.1, 0.15) is 34.1 Å². The molecule has 0 unspecified atom stereocenters. The normalized spacial score (nSPS) is 14.9. The average molecular weight is 285 g/mol. The lowest BCUT2D eigenvalue weighted by Crippen LogP contribution is -2.41.